The average molecular weight is 310 g/mol. The lowest BCUT2D eigenvalue weighted by Gasteiger charge is -2.14. The van der Waals surface area contributed by atoms with Crippen molar-refractivity contribution in [1.29, 1.82) is 0 Å². The second-order valence-electron chi connectivity index (χ2n) is 5.25. The van der Waals surface area contributed by atoms with Crippen molar-refractivity contribution >= 4 is 5.91 Å². The standard InChI is InChI=1S/C18H18N2O3/c1-2-15(13-7-4-3-5-8-13)18(21)19-12-14-11-17(23-20-14)16-9-6-10-22-16/h3-11,15H,2,12H2,1H3,(H,19,21)/t15-/m1/s1. The summed E-state index contributed by atoms with van der Waals surface area (Å²) in [6.45, 7) is 2.33. The summed E-state index contributed by atoms with van der Waals surface area (Å²) in [5.41, 5.74) is 1.68. The van der Waals surface area contributed by atoms with Crippen LogP contribution < -0.4 is 5.32 Å². The molecule has 0 unspecified atom stereocenters. The Bertz CT molecular complexity index is 748. The van der Waals surface area contributed by atoms with Gasteiger partial charge in [-0.3, -0.25) is 4.79 Å². The molecule has 23 heavy (non-hydrogen) atoms. The van der Waals surface area contributed by atoms with Crippen LogP contribution in [0.25, 0.3) is 11.5 Å². The van der Waals surface area contributed by atoms with Gasteiger partial charge in [-0.15, -0.1) is 0 Å². The number of amides is 1. The molecule has 3 rings (SSSR count). The van der Waals surface area contributed by atoms with Gasteiger partial charge in [0.15, 0.2) is 5.76 Å². The summed E-state index contributed by atoms with van der Waals surface area (Å²) in [7, 11) is 0. The molecule has 0 spiro atoms. The van der Waals surface area contributed by atoms with Gasteiger partial charge in [0.1, 0.15) is 5.69 Å². The zero-order valence-corrected chi connectivity index (χ0v) is 12.9. The van der Waals surface area contributed by atoms with E-state index in [0.717, 1.165) is 12.0 Å². The Kier molecular flexibility index (Phi) is 4.57. The predicted octanol–water partition coefficient (Wildman–Crippen LogP) is 3.74. The molecule has 0 fully saturated rings. The van der Waals surface area contributed by atoms with E-state index in [0.29, 0.717) is 23.8 Å². The van der Waals surface area contributed by atoms with Crippen LogP contribution in [0.5, 0.6) is 0 Å². The minimum Gasteiger partial charge on any atom is -0.461 e. The zero-order chi connectivity index (χ0) is 16.1. The molecule has 0 bridgehead atoms. The summed E-state index contributed by atoms with van der Waals surface area (Å²) in [6, 6.07) is 15.1. The van der Waals surface area contributed by atoms with Gasteiger partial charge in [-0.25, -0.2) is 0 Å². The van der Waals surface area contributed by atoms with Crippen LogP contribution in [-0.2, 0) is 11.3 Å². The van der Waals surface area contributed by atoms with E-state index in [1.807, 2.05) is 37.3 Å². The summed E-state index contributed by atoms with van der Waals surface area (Å²) >= 11 is 0. The maximum atomic E-state index is 12.4. The Morgan fingerprint density at radius 1 is 1.17 bits per heavy atom. The first-order valence-corrected chi connectivity index (χ1v) is 7.60. The lowest BCUT2D eigenvalue weighted by Crippen LogP contribution is -2.28. The molecule has 1 aromatic carbocycles. The van der Waals surface area contributed by atoms with Crippen molar-refractivity contribution in [2.45, 2.75) is 25.8 Å². The Labute approximate surface area is 134 Å². The number of furan rings is 1. The molecule has 5 nitrogen and oxygen atoms in total. The van der Waals surface area contributed by atoms with Crippen molar-refractivity contribution in [3.05, 3.63) is 66.1 Å². The first-order chi connectivity index (χ1) is 11.3. The fourth-order valence-corrected chi connectivity index (χ4v) is 2.49. The van der Waals surface area contributed by atoms with Crippen LogP contribution in [0.15, 0.2) is 63.7 Å². The molecule has 0 aliphatic rings. The first kappa shape index (κ1) is 15.1. The summed E-state index contributed by atoms with van der Waals surface area (Å²) in [5, 5.41) is 6.87. The number of nitrogens with one attached hydrogen (secondary N) is 1. The van der Waals surface area contributed by atoms with Gasteiger partial charge in [0.2, 0.25) is 11.7 Å². The summed E-state index contributed by atoms with van der Waals surface area (Å²) in [6.07, 6.45) is 2.32. The number of nitrogens with zero attached hydrogens (tertiary/aromatic N) is 1. The highest BCUT2D eigenvalue weighted by Crippen LogP contribution is 2.21. The van der Waals surface area contributed by atoms with Crippen molar-refractivity contribution in [1.82, 2.24) is 10.5 Å². The van der Waals surface area contributed by atoms with Gasteiger partial charge in [0.05, 0.1) is 18.7 Å². The number of hydrogen-bond acceptors (Lipinski definition) is 4. The maximum Gasteiger partial charge on any atom is 0.227 e. The second kappa shape index (κ2) is 6.96. The minimum atomic E-state index is -0.160. The van der Waals surface area contributed by atoms with Gasteiger partial charge in [-0.2, -0.15) is 0 Å². The van der Waals surface area contributed by atoms with Gasteiger partial charge in [0.25, 0.3) is 0 Å². The molecule has 0 aliphatic carbocycles. The smallest absolute Gasteiger partial charge is 0.227 e. The SMILES string of the molecule is CC[C@@H](C(=O)NCc1cc(-c2ccco2)on1)c1ccccc1. The Morgan fingerprint density at radius 2 is 2.00 bits per heavy atom. The quantitative estimate of drug-likeness (QED) is 0.753. The molecule has 2 heterocycles. The molecular formula is C18H18N2O3. The molecule has 1 amide bonds. The second-order valence-corrected chi connectivity index (χ2v) is 5.25. The number of carbonyl (C=O) groups excluding carboxylic acids is 1. The number of benzene rings is 1. The number of rotatable bonds is 6. The van der Waals surface area contributed by atoms with Crippen LogP contribution in [0.4, 0.5) is 0 Å². The van der Waals surface area contributed by atoms with Crippen LogP contribution in [0.3, 0.4) is 0 Å². The largest absolute Gasteiger partial charge is 0.461 e. The lowest BCUT2D eigenvalue weighted by atomic mass is 9.96. The van der Waals surface area contributed by atoms with Crippen molar-refractivity contribution in [2.75, 3.05) is 0 Å². The molecule has 0 radical (unpaired) electrons. The average Bonchev–Trinajstić information content (AvgIpc) is 3.26. The molecule has 0 saturated carbocycles. The van der Waals surface area contributed by atoms with Crippen LogP contribution in [0, 0.1) is 0 Å². The van der Waals surface area contributed by atoms with Crippen LogP contribution in [-0.4, -0.2) is 11.1 Å². The molecule has 2 aromatic heterocycles. The van der Waals surface area contributed by atoms with E-state index in [1.165, 1.54) is 0 Å². The minimum absolute atomic E-state index is 0.0127. The molecular weight excluding hydrogens is 292 g/mol. The molecule has 3 aromatic rings. The Balaban J connectivity index is 1.62. The third kappa shape index (κ3) is 3.51. The van der Waals surface area contributed by atoms with Gasteiger partial charge >= 0.3 is 0 Å². The fourth-order valence-electron chi connectivity index (χ4n) is 2.49. The van der Waals surface area contributed by atoms with Crippen molar-refractivity contribution in [3.8, 4) is 11.5 Å². The van der Waals surface area contributed by atoms with E-state index < -0.39 is 0 Å². The predicted molar refractivity (Wildman–Crippen MR) is 85.5 cm³/mol. The monoisotopic (exact) mass is 310 g/mol. The van der Waals surface area contributed by atoms with Crippen molar-refractivity contribution < 1.29 is 13.7 Å². The van der Waals surface area contributed by atoms with E-state index in [9.17, 15) is 4.79 Å². The summed E-state index contributed by atoms with van der Waals surface area (Å²) < 4.78 is 10.5. The highest BCUT2D eigenvalue weighted by Gasteiger charge is 2.18. The molecule has 118 valence electrons. The van der Waals surface area contributed by atoms with E-state index >= 15 is 0 Å². The highest BCUT2D eigenvalue weighted by molar-refractivity contribution is 5.83. The van der Waals surface area contributed by atoms with E-state index in [1.54, 1.807) is 24.5 Å². The Hall–Kier alpha value is -2.82. The maximum absolute atomic E-state index is 12.4. The van der Waals surface area contributed by atoms with Gasteiger partial charge < -0.3 is 14.3 Å². The van der Waals surface area contributed by atoms with E-state index in [-0.39, 0.29) is 11.8 Å². The van der Waals surface area contributed by atoms with Gasteiger partial charge in [-0.1, -0.05) is 42.4 Å². The molecule has 5 heteroatoms. The van der Waals surface area contributed by atoms with Crippen LogP contribution >= 0.6 is 0 Å². The normalized spacial score (nSPS) is 12.0. The summed E-state index contributed by atoms with van der Waals surface area (Å²) in [5.74, 6) is 0.994. The fraction of sp³-hybridized carbons (Fsp3) is 0.222. The van der Waals surface area contributed by atoms with Crippen LogP contribution in [0.2, 0.25) is 0 Å². The highest BCUT2D eigenvalue weighted by atomic mass is 16.5. The Morgan fingerprint density at radius 3 is 2.70 bits per heavy atom. The number of hydrogen-bond donors (Lipinski definition) is 1. The van der Waals surface area contributed by atoms with Crippen molar-refractivity contribution in [2.24, 2.45) is 0 Å². The molecule has 0 saturated heterocycles. The number of aromatic nitrogens is 1. The third-order valence-electron chi connectivity index (χ3n) is 3.69. The number of carbonyl (C=O) groups is 1. The van der Waals surface area contributed by atoms with E-state index in [2.05, 4.69) is 10.5 Å². The third-order valence-corrected chi connectivity index (χ3v) is 3.69. The van der Waals surface area contributed by atoms with E-state index in [4.69, 9.17) is 8.94 Å². The van der Waals surface area contributed by atoms with Crippen molar-refractivity contribution in [3.63, 3.8) is 0 Å². The zero-order valence-electron chi connectivity index (χ0n) is 12.9. The topological polar surface area (TPSA) is 68.3 Å². The molecule has 1 atom stereocenters. The molecule has 0 aliphatic heterocycles. The van der Waals surface area contributed by atoms with Crippen LogP contribution in [0.1, 0.15) is 30.5 Å². The molecule has 1 N–H and O–H groups in total. The van der Waals surface area contributed by atoms with Gasteiger partial charge in [0, 0.05) is 6.07 Å². The van der Waals surface area contributed by atoms with Gasteiger partial charge in [-0.05, 0) is 24.1 Å². The lowest BCUT2D eigenvalue weighted by molar-refractivity contribution is -0.122. The summed E-state index contributed by atoms with van der Waals surface area (Å²) in [4.78, 5) is 12.4. The first-order valence-electron chi connectivity index (χ1n) is 7.60.